The molecule has 0 atom stereocenters. The van der Waals surface area contributed by atoms with Crippen LogP contribution in [-0.2, 0) is 0 Å². The number of nitrogens with two attached hydrogens (primary N) is 1. The Morgan fingerprint density at radius 3 is 2.63 bits per heavy atom. The van der Waals surface area contributed by atoms with E-state index in [9.17, 15) is 4.79 Å². The number of urea groups is 1. The van der Waals surface area contributed by atoms with E-state index in [4.69, 9.17) is 5.73 Å². The van der Waals surface area contributed by atoms with Crippen molar-refractivity contribution in [3.8, 4) is 0 Å². The molecule has 2 aromatic carbocycles. The Morgan fingerprint density at radius 1 is 1.16 bits per heavy atom. The molecule has 0 unspecified atom stereocenters. The minimum atomic E-state index is -0.181. The highest BCUT2D eigenvalue weighted by Gasteiger charge is 2.42. The number of rotatable bonds is 3. The Bertz CT molecular complexity index is 614. The zero-order valence-corrected chi connectivity index (χ0v) is 10.6. The van der Waals surface area contributed by atoms with Crippen LogP contribution < -0.4 is 16.4 Å². The third-order valence-electron chi connectivity index (χ3n) is 3.66. The van der Waals surface area contributed by atoms with Crippen LogP contribution in [0.3, 0.4) is 0 Å². The van der Waals surface area contributed by atoms with E-state index in [1.807, 2.05) is 42.5 Å². The Morgan fingerprint density at radius 2 is 1.89 bits per heavy atom. The normalized spacial score (nSPS) is 16.1. The van der Waals surface area contributed by atoms with Gasteiger partial charge in [0.25, 0.3) is 0 Å². The summed E-state index contributed by atoms with van der Waals surface area (Å²) in [6.45, 7) is 0.496. The molecule has 19 heavy (non-hydrogen) atoms. The minimum Gasteiger partial charge on any atom is -0.331 e. The summed E-state index contributed by atoms with van der Waals surface area (Å²) in [5.74, 6) is 0. The molecule has 1 fully saturated rings. The molecule has 0 saturated heterocycles. The third kappa shape index (κ3) is 2.39. The van der Waals surface area contributed by atoms with E-state index in [0.717, 1.165) is 29.3 Å². The van der Waals surface area contributed by atoms with E-state index in [2.05, 4.69) is 10.6 Å². The molecule has 1 saturated carbocycles. The molecule has 98 valence electrons. The van der Waals surface area contributed by atoms with Crippen LogP contribution in [0.5, 0.6) is 0 Å². The predicted molar refractivity (Wildman–Crippen MR) is 77.1 cm³/mol. The third-order valence-corrected chi connectivity index (χ3v) is 3.66. The molecule has 0 radical (unpaired) electrons. The summed E-state index contributed by atoms with van der Waals surface area (Å²) in [4.78, 5) is 12.0. The van der Waals surface area contributed by atoms with Crippen molar-refractivity contribution in [1.82, 2.24) is 5.32 Å². The fourth-order valence-electron chi connectivity index (χ4n) is 2.26. The van der Waals surface area contributed by atoms with E-state index < -0.39 is 0 Å². The van der Waals surface area contributed by atoms with Gasteiger partial charge in [0.15, 0.2) is 0 Å². The maximum absolute atomic E-state index is 12.0. The summed E-state index contributed by atoms with van der Waals surface area (Å²) >= 11 is 0. The number of nitrogens with one attached hydrogen (secondary N) is 2. The van der Waals surface area contributed by atoms with Crippen molar-refractivity contribution in [2.75, 3.05) is 11.9 Å². The van der Waals surface area contributed by atoms with Gasteiger partial charge in [-0.15, -0.1) is 0 Å². The second-order valence-electron chi connectivity index (χ2n) is 5.09. The number of benzene rings is 2. The van der Waals surface area contributed by atoms with Crippen LogP contribution in [0.1, 0.15) is 12.8 Å². The predicted octanol–water partition coefficient (Wildman–Crippen LogP) is 2.45. The van der Waals surface area contributed by atoms with Crippen LogP contribution in [0.15, 0.2) is 42.5 Å². The summed E-state index contributed by atoms with van der Waals surface area (Å²) in [7, 11) is 0. The molecule has 1 aliphatic rings. The van der Waals surface area contributed by atoms with E-state index in [1.54, 1.807) is 0 Å². The molecule has 2 amide bonds. The van der Waals surface area contributed by atoms with E-state index in [0.29, 0.717) is 6.54 Å². The van der Waals surface area contributed by atoms with Gasteiger partial charge < -0.3 is 16.4 Å². The average molecular weight is 255 g/mol. The number of hydrogen-bond donors (Lipinski definition) is 3. The monoisotopic (exact) mass is 255 g/mol. The van der Waals surface area contributed by atoms with Crippen molar-refractivity contribution in [3.63, 3.8) is 0 Å². The van der Waals surface area contributed by atoms with Gasteiger partial charge in [-0.3, -0.25) is 0 Å². The molecule has 0 spiro atoms. The van der Waals surface area contributed by atoms with Crippen LogP contribution in [0.2, 0.25) is 0 Å². The van der Waals surface area contributed by atoms with Gasteiger partial charge in [-0.05, 0) is 24.3 Å². The Hall–Kier alpha value is -2.07. The van der Waals surface area contributed by atoms with Gasteiger partial charge in [0, 0.05) is 11.9 Å². The molecule has 1 aliphatic carbocycles. The first-order valence-corrected chi connectivity index (χ1v) is 6.49. The number of fused-ring (bicyclic) bond motifs is 1. The summed E-state index contributed by atoms with van der Waals surface area (Å²) < 4.78 is 0. The Kier molecular flexibility index (Phi) is 2.87. The molecule has 2 aromatic rings. The summed E-state index contributed by atoms with van der Waals surface area (Å²) in [6.07, 6.45) is 1.93. The second kappa shape index (κ2) is 4.55. The van der Waals surface area contributed by atoms with Crippen LogP contribution in [-0.4, -0.2) is 18.1 Å². The lowest BCUT2D eigenvalue weighted by atomic mass is 10.1. The summed E-state index contributed by atoms with van der Waals surface area (Å²) in [6, 6.07) is 13.7. The van der Waals surface area contributed by atoms with E-state index >= 15 is 0 Å². The lowest BCUT2D eigenvalue weighted by molar-refractivity contribution is 0.247. The first-order chi connectivity index (χ1) is 9.22. The first kappa shape index (κ1) is 12.0. The molecule has 0 bridgehead atoms. The molecule has 4 N–H and O–H groups in total. The zero-order valence-electron chi connectivity index (χ0n) is 10.6. The highest BCUT2D eigenvalue weighted by atomic mass is 16.2. The molecular weight excluding hydrogens is 238 g/mol. The Labute approximate surface area is 112 Å². The van der Waals surface area contributed by atoms with Crippen molar-refractivity contribution < 1.29 is 4.79 Å². The smallest absolute Gasteiger partial charge is 0.319 e. The average Bonchev–Trinajstić information content (AvgIpc) is 3.19. The first-order valence-electron chi connectivity index (χ1n) is 6.49. The van der Waals surface area contributed by atoms with Crippen LogP contribution >= 0.6 is 0 Å². The second-order valence-corrected chi connectivity index (χ2v) is 5.09. The standard InChI is InChI=1S/C15H17N3O/c16-10-15(8-9-15)18-14(19)17-13-7-3-5-11-4-1-2-6-12(11)13/h1-7H,8-10,16H2,(H2,17,18,19). The largest absolute Gasteiger partial charge is 0.331 e. The molecule has 0 aliphatic heterocycles. The molecule has 3 rings (SSSR count). The lowest BCUT2D eigenvalue weighted by Crippen LogP contribution is -2.44. The number of carbonyl (C=O) groups is 1. The highest BCUT2D eigenvalue weighted by Crippen LogP contribution is 2.34. The Balaban J connectivity index is 1.80. The topological polar surface area (TPSA) is 67.1 Å². The SMILES string of the molecule is NCC1(NC(=O)Nc2cccc3ccccc23)CC1. The van der Waals surface area contributed by atoms with Crippen molar-refractivity contribution in [3.05, 3.63) is 42.5 Å². The van der Waals surface area contributed by atoms with Crippen LogP contribution in [0.25, 0.3) is 10.8 Å². The van der Waals surface area contributed by atoms with E-state index in [1.165, 1.54) is 0 Å². The van der Waals surface area contributed by atoms with Crippen molar-refractivity contribution in [2.24, 2.45) is 5.73 Å². The molecular formula is C15H17N3O. The number of carbonyl (C=O) groups excluding carboxylic acids is 1. The lowest BCUT2D eigenvalue weighted by Gasteiger charge is -2.16. The van der Waals surface area contributed by atoms with Gasteiger partial charge in [-0.2, -0.15) is 0 Å². The van der Waals surface area contributed by atoms with Gasteiger partial charge in [0.05, 0.1) is 11.2 Å². The van der Waals surface area contributed by atoms with E-state index in [-0.39, 0.29) is 11.6 Å². The molecule has 4 nitrogen and oxygen atoms in total. The maximum atomic E-state index is 12.0. The van der Waals surface area contributed by atoms with Crippen molar-refractivity contribution in [1.29, 1.82) is 0 Å². The minimum absolute atomic E-state index is 0.172. The molecule has 0 aromatic heterocycles. The van der Waals surface area contributed by atoms with Gasteiger partial charge in [-0.25, -0.2) is 4.79 Å². The van der Waals surface area contributed by atoms with Gasteiger partial charge in [0.1, 0.15) is 0 Å². The van der Waals surface area contributed by atoms with Gasteiger partial charge in [0.2, 0.25) is 0 Å². The summed E-state index contributed by atoms with van der Waals surface area (Å²) in [5, 5.41) is 8.02. The van der Waals surface area contributed by atoms with Gasteiger partial charge in [-0.1, -0.05) is 36.4 Å². The maximum Gasteiger partial charge on any atom is 0.319 e. The number of hydrogen-bond acceptors (Lipinski definition) is 2. The quantitative estimate of drug-likeness (QED) is 0.788. The van der Waals surface area contributed by atoms with Crippen molar-refractivity contribution in [2.45, 2.75) is 18.4 Å². The number of amides is 2. The van der Waals surface area contributed by atoms with Crippen molar-refractivity contribution >= 4 is 22.5 Å². The van der Waals surface area contributed by atoms with Crippen LogP contribution in [0, 0.1) is 0 Å². The molecule has 0 heterocycles. The zero-order chi connectivity index (χ0) is 13.3. The van der Waals surface area contributed by atoms with Gasteiger partial charge >= 0.3 is 6.03 Å². The fraction of sp³-hybridized carbons (Fsp3) is 0.267. The highest BCUT2D eigenvalue weighted by molar-refractivity contribution is 6.01. The summed E-state index contributed by atoms with van der Waals surface area (Å²) in [5.41, 5.74) is 6.31. The van der Waals surface area contributed by atoms with Crippen LogP contribution in [0.4, 0.5) is 10.5 Å². The number of anilines is 1. The fourth-order valence-corrected chi connectivity index (χ4v) is 2.26. The molecule has 4 heteroatoms.